The van der Waals surface area contributed by atoms with E-state index in [1.54, 1.807) is 12.1 Å². The Bertz CT molecular complexity index is 1280. The van der Waals surface area contributed by atoms with E-state index in [4.69, 9.17) is 10.2 Å². The monoisotopic (exact) mass is 477 g/mol. The zero-order valence-corrected chi connectivity index (χ0v) is 18.5. The van der Waals surface area contributed by atoms with Crippen molar-refractivity contribution in [1.29, 1.82) is 0 Å². The molecule has 0 aliphatic heterocycles. The van der Waals surface area contributed by atoms with Crippen molar-refractivity contribution in [2.24, 2.45) is 5.73 Å². The zero-order chi connectivity index (χ0) is 23.6. The van der Waals surface area contributed by atoms with Crippen LogP contribution in [0.4, 0.5) is 18.3 Å². The first-order valence-electron chi connectivity index (χ1n) is 10.4. The number of oxazole rings is 1. The van der Waals surface area contributed by atoms with Gasteiger partial charge >= 0.3 is 11.9 Å². The largest absolute Gasteiger partial charge is 0.417 e. The molecule has 4 aromatic rings. The van der Waals surface area contributed by atoms with Gasteiger partial charge in [0, 0.05) is 24.1 Å². The number of halogens is 3. The lowest BCUT2D eigenvalue weighted by Gasteiger charge is -2.24. The lowest BCUT2D eigenvalue weighted by atomic mass is 9.87. The van der Waals surface area contributed by atoms with Gasteiger partial charge in [0.05, 0.1) is 11.1 Å². The van der Waals surface area contributed by atoms with E-state index < -0.39 is 17.5 Å². The quantitative estimate of drug-likeness (QED) is 0.330. The number of rotatable bonds is 8. The van der Waals surface area contributed by atoms with E-state index in [9.17, 15) is 18.0 Å². The van der Waals surface area contributed by atoms with Crippen LogP contribution in [0.25, 0.3) is 21.7 Å². The average Bonchev–Trinajstić information content (AvgIpc) is 3.40. The summed E-state index contributed by atoms with van der Waals surface area (Å²) in [6.07, 6.45) is -2.77. The van der Waals surface area contributed by atoms with Crippen molar-refractivity contribution in [3.05, 3.63) is 64.1 Å². The number of hydrogen-bond donors (Lipinski definition) is 3. The summed E-state index contributed by atoms with van der Waals surface area (Å²) >= 11 is 1.33. The molecule has 174 valence electrons. The Labute approximate surface area is 190 Å². The van der Waals surface area contributed by atoms with Gasteiger partial charge in [-0.2, -0.15) is 13.2 Å². The van der Waals surface area contributed by atoms with Gasteiger partial charge in [-0.3, -0.25) is 4.98 Å². The number of nitrogens with zero attached hydrogens (tertiary/aromatic N) is 2. The summed E-state index contributed by atoms with van der Waals surface area (Å²) in [5.74, 6) is -0.624. The summed E-state index contributed by atoms with van der Waals surface area (Å²) < 4.78 is 43.7. The zero-order valence-electron chi connectivity index (χ0n) is 17.6. The van der Waals surface area contributed by atoms with Crippen LogP contribution in [0.3, 0.4) is 0 Å². The first-order chi connectivity index (χ1) is 15.7. The summed E-state index contributed by atoms with van der Waals surface area (Å²) in [7, 11) is 0. The highest BCUT2D eigenvalue weighted by atomic mass is 32.1. The highest BCUT2D eigenvalue weighted by molar-refractivity contribution is 7.18. The molecule has 0 saturated heterocycles. The highest BCUT2D eigenvalue weighted by Crippen LogP contribution is 2.32. The molecule has 11 heteroatoms. The minimum atomic E-state index is -4.37. The fourth-order valence-corrected chi connectivity index (χ4v) is 4.44. The van der Waals surface area contributed by atoms with Crippen molar-refractivity contribution < 1.29 is 17.6 Å². The molecule has 2 aromatic carbocycles. The SMILES string of the molecule is CCC[C@@H](c1ccc(C(F)(F)F)cc1)[C@H](N)CNc1nnc(-c2ccc3[nH]c(=O)oc3c2)s1. The minimum absolute atomic E-state index is 0.101. The standard InChI is InChI=1S/C22H22F3N5O2S/c1-2-3-15(12-4-7-14(8-5-12)22(23,24)25)16(26)11-27-20-30-29-19(33-20)13-6-9-17-18(10-13)32-21(31)28-17/h4-10,15-16H,2-3,11,26H2,1H3,(H,27,30)(H,28,31)/t15-,16+/m0/s1. The first kappa shape index (κ1) is 23.0. The second-order valence-electron chi connectivity index (χ2n) is 7.70. The molecule has 2 aromatic heterocycles. The van der Waals surface area contributed by atoms with Crippen molar-refractivity contribution in [3.8, 4) is 10.6 Å². The van der Waals surface area contributed by atoms with Crippen molar-refractivity contribution in [1.82, 2.24) is 15.2 Å². The van der Waals surface area contributed by atoms with Crippen LogP contribution in [0, 0.1) is 0 Å². The van der Waals surface area contributed by atoms with Gasteiger partial charge in [-0.05, 0) is 42.3 Å². The second kappa shape index (κ2) is 9.36. The van der Waals surface area contributed by atoms with E-state index in [0.717, 1.165) is 36.1 Å². The molecule has 33 heavy (non-hydrogen) atoms. The number of aromatic nitrogens is 3. The van der Waals surface area contributed by atoms with Crippen LogP contribution in [0.1, 0.15) is 36.8 Å². The number of H-pyrrole nitrogens is 1. The van der Waals surface area contributed by atoms with Crippen LogP contribution in [0.15, 0.2) is 51.7 Å². The summed E-state index contributed by atoms with van der Waals surface area (Å²) in [5.41, 5.74) is 8.31. The number of nitrogens with two attached hydrogens (primary N) is 1. The van der Waals surface area contributed by atoms with E-state index in [-0.39, 0.29) is 12.0 Å². The number of aromatic amines is 1. The van der Waals surface area contributed by atoms with Crippen molar-refractivity contribution in [3.63, 3.8) is 0 Å². The number of fused-ring (bicyclic) bond motifs is 1. The predicted octanol–water partition coefficient (Wildman–Crippen LogP) is 4.98. The number of benzene rings is 2. The molecule has 2 heterocycles. The van der Waals surface area contributed by atoms with E-state index in [2.05, 4.69) is 20.5 Å². The molecule has 4 N–H and O–H groups in total. The van der Waals surface area contributed by atoms with Crippen molar-refractivity contribution >= 4 is 27.6 Å². The average molecular weight is 478 g/mol. The van der Waals surface area contributed by atoms with Gasteiger partial charge in [-0.1, -0.05) is 36.8 Å². The Balaban J connectivity index is 1.43. The highest BCUT2D eigenvalue weighted by Gasteiger charge is 2.30. The molecular weight excluding hydrogens is 455 g/mol. The second-order valence-corrected chi connectivity index (χ2v) is 8.68. The van der Waals surface area contributed by atoms with E-state index in [1.165, 1.54) is 23.5 Å². The van der Waals surface area contributed by atoms with Crippen LogP contribution < -0.4 is 16.8 Å². The molecule has 0 unspecified atom stereocenters. The summed E-state index contributed by atoms with van der Waals surface area (Å²) in [6, 6.07) is 10.1. The Kier molecular flexibility index (Phi) is 6.52. The lowest BCUT2D eigenvalue weighted by Crippen LogP contribution is -2.35. The van der Waals surface area contributed by atoms with Crippen LogP contribution >= 0.6 is 11.3 Å². The molecule has 0 amide bonds. The molecule has 0 bridgehead atoms. The number of anilines is 1. The predicted molar refractivity (Wildman–Crippen MR) is 121 cm³/mol. The summed E-state index contributed by atoms with van der Waals surface area (Å²) in [5, 5.41) is 12.7. The molecule has 0 radical (unpaired) electrons. The lowest BCUT2D eigenvalue weighted by molar-refractivity contribution is -0.137. The molecule has 0 aliphatic rings. The van der Waals surface area contributed by atoms with Gasteiger partial charge in [-0.15, -0.1) is 10.2 Å². The number of hydrogen-bond acceptors (Lipinski definition) is 7. The van der Waals surface area contributed by atoms with Crippen LogP contribution in [-0.2, 0) is 6.18 Å². The number of alkyl halides is 3. The molecule has 4 rings (SSSR count). The molecule has 7 nitrogen and oxygen atoms in total. The molecule has 0 spiro atoms. The Morgan fingerprint density at radius 1 is 1.18 bits per heavy atom. The van der Waals surface area contributed by atoms with Gasteiger partial charge in [0.15, 0.2) is 5.58 Å². The maximum atomic E-state index is 12.9. The molecule has 0 aliphatic carbocycles. The molecular formula is C22H22F3N5O2S. The smallest absolute Gasteiger partial charge is 0.408 e. The number of nitrogens with one attached hydrogen (secondary N) is 2. The van der Waals surface area contributed by atoms with E-state index >= 15 is 0 Å². The Hall–Kier alpha value is -3.18. The minimum Gasteiger partial charge on any atom is -0.408 e. The Morgan fingerprint density at radius 3 is 2.64 bits per heavy atom. The van der Waals surface area contributed by atoms with E-state index in [1.807, 2.05) is 13.0 Å². The van der Waals surface area contributed by atoms with Crippen LogP contribution in [0.2, 0.25) is 0 Å². The first-order valence-corrected chi connectivity index (χ1v) is 11.2. The van der Waals surface area contributed by atoms with Gasteiger partial charge in [0.25, 0.3) is 0 Å². The maximum Gasteiger partial charge on any atom is 0.417 e. The van der Waals surface area contributed by atoms with E-state index in [0.29, 0.717) is 27.8 Å². The van der Waals surface area contributed by atoms with Gasteiger partial charge < -0.3 is 15.5 Å². The fourth-order valence-electron chi connectivity index (χ4n) is 3.70. The topological polar surface area (TPSA) is 110 Å². The maximum absolute atomic E-state index is 12.9. The third-order valence-corrected chi connectivity index (χ3v) is 6.29. The van der Waals surface area contributed by atoms with Crippen molar-refractivity contribution in [2.45, 2.75) is 37.9 Å². The molecule has 0 saturated carbocycles. The van der Waals surface area contributed by atoms with Crippen molar-refractivity contribution in [2.75, 3.05) is 11.9 Å². The Morgan fingerprint density at radius 2 is 1.94 bits per heavy atom. The third kappa shape index (κ3) is 5.25. The van der Waals surface area contributed by atoms with Crippen LogP contribution in [0.5, 0.6) is 0 Å². The van der Waals surface area contributed by atoms with Crippen LogP contribution in [-0.4, -0.2) is 27.8 Å². The molecule has 2 atom stereocenters. The van der Waals surface area contributed by atoms with Gasteiger partial charge in [0.2, 0.25) is 5.13 Å². The van der Waals surface area contributed by atoms with Gasteiger partial charge in [-0.25, -0.2) is 4.79 Å². The summed E-state index contributed by atoms with van der Waals surface area (Å²) in [6.45, 7) is 2.39. The third-order valence-electron chi connectivity index (χ3n) is 5.36. The fraction of sp³-hybridized carbons (Fsp3) is 0.318. The van der Waals surface area contributed by atoms with Gasteiger partial charge in [0.1, 0.15) is 5.01 Å². The summed E-state index contributed by atoms with van der Waals surface area (Å²) in [4.78, 5) is 13.9. The normalized spacial score (nSPS) is 13.8. The molecule has 0 fully saturated rings.